The van der Waals surface area contributed by atoms with Crippen molar-refractivity contribution in [1.29, 1.82) is 0 Å². The first-order valence-corrected chi connectivity index (χ1v) is 15.1. The molecule has 7 N–H and O–H groups in total. The zero-order valence-electron chi connectivity index (χ0n) is 30.0. The molecular weight excluding hydrogens is 568 g/mol. The van der Waals surface area contributed by atoms with Crippen molar-refractivity contribution in [2.45, 2.75) is 150 Å². The largest absolute Gasteiger partial charge is 0.395 e. The first-order valence-electron chi connectivity index (χ1n) is 15.1. The van der Waals surface area contributed by atoms with Crippen LogP contribution in [0.15, 0.2) is 0 Å². The van der Waals surface area contributed by atoms with E-state index in [-0.39, 0.29) is 13.2 Å². The normalized spacial score (nSPS) is 13.7. The molecule has 0 aromatic carbocycles. The van der Waals surface area contributed by atoms with Crippen LogP contribution in [0.4, 0.5) is 0 Å². The van der Waals surface area contributed by atoms with Crippen molar-refractivity contribution in [3.05, 3.63) is 0 Å². The second kappa shape index (κ2) is 34.0. The molecule has 0 aliphatic heterocycles. The smallest absolute Gasteiger partial charge is 0.122 e. The summed E-state index contributed by atoms with van der Waals surface area (Å²) in [6.07, 6.45) is 23.7. The molecule has 0 amide bonds. The Morgan fingerprint density at radius 1 is 0.689 bits per heavy atom. The van der Waals surface area contributed by atoms with Crippen LogP contribution in [0.5, 0.6) is 0 Å². The maximum absolute atomic E-state index is 9.50. The molecule has 4 atom stereocenters. The minimum atomic E-state index is -0.973. The lowest BCUT2D eigenvalue weighted by Crippen LogP contribution is -2.24. The van der Waals surface area contributed by atoms with Gasteiger partial charge in [0.2, 0.25) is 0 Å². The average molecular weight is 633 g/mol. The fraction of sp³-hybridized carbons (Fsp3) is 0.684. The van der Waals surface area contributed by atoms with Crippen LogP contribution in [-0.2, 0) is 0 Å². The number of rotatable bonds is 7. The number of aliphatic hydroxyl groups is 7. The molecule has 0 saturated heterocycles. The summed E-state index contributed by atoms with van der Waals surface area (Å²) in [5.41, 5.74) is -3.79. The van der Waals surface area contributed by atoms with Gasteiger partial charge in [0.05, 0.1) is 6.61 Å². The lowest BCUT2D eigenvalue weighted by molar-refractivity contribution is 0.0977. The Morgan fingerprint density at radius 2 is 1.09 bits per heavy atom. The van der Waals surface area contributed by atoms with E-state index < -0.39 is 28.5 Å². The van der Waals surface area contributed by atoms with Gasteiger partial charge in [-0.15, -0.1) is 37.5 Å². The first-order chi connectivity index (χ1) is 20.5. The molecule has 7 heteroatoms. The van der Waals surface area contributed by atoms with E-state index in [2.05, 4.69) is 47.9 Å². The lowest BCUT2D eigenvalue weighted by atomic mass is 9.95. The van der Waals surface area contributed by atoms with Crippen LogP contribution in [0.25, 0.3) is 0 Å². The van der Waals surface area contributed by atoms with Gasteiger partial charge < -0.3 is 35.7 Å². The molecule has 45 heavy (non-hydrogen) atoms. The van der Waals surface area contributed by atoms with Gasteiger partial charge in [0, 0.05) is 12.8 Å². The third kappa shape index (κ3) is 64.9. The van der Waals surface area contributed by atoms with Crippen molar-refractivity contribution in [3.8, 4) is 73.1 Å². The molecule has 4 unspecified atom stereocenters. The molecule has 0 spiro atoms. The number of terminal acetylenes is 4. The predicted octanol–water partition coefficient (Wildman–Crippen LogP) is 4.29. The Bertz CT molecular complexity index is 945. The van der Waals surface area contributed by atoms with Gasteiger partial charge in [-0.1, -0.05) is 83.5 Å². The Kier molecular flexibility index (Phi) is 41.2. The second-order valence-corrected chi connectivity index (χ2v) is 11.2. The molecule has 0 aliphatic carbocycles. The van der Waals surface area contributed by atoms with Crippen LogP contribution in [0, 0.1) is 79.0 Å². The van der Waals surface area contributed by atoms with Crippen LogP contribution < -0.4 is 0 Å². The third-order valence-corrected chi connectivity index (χ3v) is 4.83. The summed E-state index contributed by atoms with van der Waals surface area (Å²) in [7, 11) is 0. The molecule has 0 heterocycles. The molecule has 0 radical (unpaired) electrons. The van der Waals surface area contributed by atoms with Crippen LogP contribution in [-0.4, -0.2) is 77.5 Å². The van der Waals surface area contributed by atoms with Crippen molar-refractivity contribution in [2.75, 3.05) is 13.2 Å². The summed E-state index contributed by atoms with van der Waals surface area (Å²) in [5.74, 6) is 20.1. The van der Waals surface area contributed by atoms with Crippen LogP contribution in [0.2, 0.25) is 0 Å². The zero-order chi connectivity index (χ0) is 37.2. The molecule has 0 bridgehead atoms. The maximum Gasteiger partial charge on any atom is 0.122 e. The monoisotopic (exact) mass is 632 g/mol. The van der Waals surface area contributed by atoms with Gasteiger partial charge >= 0.3 is 0 Å². The Hall–Kier alpha value is -2.92. The van der Waals surface area contributed by atoms with Gasteiger partial charge in [-0.2, -0.15) is 0 Å². The van der Waals surface area contributed by atoms with E-state index in [0.717, 1.165) is 19.3 Å². The van der Waals surface area contributed by atoms with Crippen LogP contribution in [0.1, 0.15) is 121 Å². The molecule has 7 nitrogen and oxygen atoms in total. The third-order valence-electron chi connectivity index (χ3n) is 4.83. The summed E-state index contributed by atoms with van der Waals surface area (Å²) in [5, 5.41) is 61.3. The Morgan fingerprint density at radius 3 is 1.24 bits per heavy atom. The average Bonchev–Trinajstić information content (AvgIpc) is 2.97. The fourth-order valence-corrected chi connectivity index (χ4v) is 1.93. The summed E-state index contributed by atoms with van der Waals surface area (Å²) < 4.78 is 0. The zero-order valence-corrected chi connectivity index (χ0v) is 30.0. The van der Waals surface area contributed by atoms with E-state index in [1.165, 1.54) is 0 Å². The topological polar surface area (TPSA) is 142 Å². The molecule has 0 saturated carbocycles. The van der Waals surface area contributed by atoms with Crippen molar-refractivity contribution >= 4 is 0 Å². The summed E-state index contributed by atoms with van der Waals surface area (Å²) in [6.45, 7) is 19.9. The number of hydrogen-bond donors (Lipinski definition) is 7. The van der Waals surface area contributed by atoms with Crippen LogP contribution >= 0.6 is 0 Å². The molecule has 0 aliphatic rings. The maximum atomic E-state index is 9.50. The fourth-order valence-electron chi connectivity index (χ4n) is 1.93. The molecule has 0 fully saturated rings. The molecule has 0 aromatic heterocycles. The van der Waals surface area contributed by atoms with Gasteiger partial charge in [0.15, 0.2) is 0 Å². The quantitative estimate of drug-likeness (QED) is 0.208. The lowest BCUT2D eigenvalue weighted by Gasteiger charge is -2.17. The van der Waals surface area contributed by atoms with E-state index in [1.807, 2.05) is 47.5 Å². The summed E-state index contributed by atoms with van der Waals surface area (Å²) in [4.78, 5) is 0. The van der Waals surface area contributed by atoms with E-state index >= 15 is 0 Å². The Balaban J connectivity index is -0.000000105. The van der Waals surface area contributed by atoms with Crippen molar-refractivity contribution in [1.82, 2.24) is 0 Å². The van der Waals surface area contributed by atoms with Gasteiger partial charge in [-0.3, -0.25) is 0 Å². The molecule has 258 valence electrons. The highest BCUT2D eigenvalue weighted by Gasteiger charge is 2.18. The predicted molar refractivity (Wildman–Crippen MR) is 189 cm³/mol. The summed E-state index contributed by atoms with van der Waals surface area (Å²) >= 11 is 0. The van der Waals surface area contributed by atoms with E-state index in [1.54, 1.807) is 34.6 Å². The second-order valence-electron chi connectivity index (χ2n) is 11.2. The van der Waals surface area contributed by atoms with Gasteiger partial charge in [0.1, 0.15) is 35.1 Å². The van der Waals surface area contributed by atoms with E-state index in [4.69, 9.17) is 39.7 Å². The number of aliphatic hydroxyl groups excluding tert-OH is 3. The van der Waals surface area contributed by atoms with E-state index in [0.29, 0.717) is 31.6 Å². The standard InChI is InChI=1S/C10H18O2.C8H14O.2C6H10O.C5H8O.C3H4O/c1-5-9(3,11)7-8-10(4,12)6-2;1-5-8(4,9)6-7(2)3;1-3-5-6(7)4-2;1-2-3-4-5-6-7;1-4-5(2,3)6;1-2-3-4/h11-12H,5-6H2,1-4H3;1,7,9H,6H2,2-4H3;2,6-7H,3,5H2,1H3;7H,2,5-6H2,1H3;1,6H,2-3H3;1,4H,3H2. The first kappa shape index (κ1) is 54.6. The minimum absolute atomic E-state index is 0.153. The van der Waals surface area contributed by atoms with E-state index in [9.17, 15) is 15.3 Å². The minimum Gasteiger partial charge on any atom is -0.395 e. The molecule has 0 aromatic rings. The summed E-state index contributed by atoms with van der Waals surface area (Å²) in [6, 6.07) is 0. The van der Waals surface area contributed by atoms with Crippen LogP contribution in [0.3, 0.4) is 0 Å². The Labute approximate surface area is 277 Å². The highest BCUT2D eigenvalue weighted by atomic mass is 16.3. The van der Waals surface area contributed by atoms with Crippen molar-refractivity contribution < 1.29 is 35.7 Å². The SMILES string of the molecule is C#CC(C)(C)O.C#CC(C)(O)CC(C)C.C#CC(O)CCC.C#CCO.CCC#CCCO.CCC(C)(O)C#CC(C)(O)CC. The van der Waals surface area contributed by atoms with Crippen molar-refractivity contribution in [2.24, 2.45) is 5.92 Å². The molecular formula is C38H64O7. The van der Waals surface area contributed by atoms with Gasteiger partial charge in [0.25, 0.3) is 0 Å². The molecule has 0 rings (SSSR count). The van der Waals surface area contributed by atoms with Crippen molar-refractivity contribution in [3.63, 3.8) is 0 Å². The van der Waals surface area contributed by atoms with Gasteiger partial charge in [-0.25, -0.2) is 0 Å². The number of hydrogen-bond acceptors (Lipinski definition) is 7. The highest BCUT2D eigenvalue weighted by molar-refractivity contribution is 5.18. The highest BCUT2D eigenvalue weighted by Crippen LogP contribution is 2.14. The van der Waals surface area contributed by atoms with Gasteiger partial charge in [-0.05, 0) is 66.2 Å².